The monoisotopic (exact) mass is 508 g/mol. The number of cyclic esters (lactones) is 1. The van der Waals surface area contributed by atoms with Crippen LogP contribution in [0.25, 0.3) is 0 Å². The fourth-order valence-corrected chi connectivity index (χ4v) is 4.28. The van der Waals surface area contributed by atoms with Gasteiger partial charge < -0.3 is 19.9 Å². The first-order valence-corrected chi connectivity index (χ1v) is 11.3. The molecule has 2 saturated heterocycles. The summed E-state index contributed by atoms with van der Waals surface area (Å²) < 4.78 is 59.8. The van der Waals surface area contributed by atoms with Crippen molar-refractivity contribution in [2.75, 3.05) is 47.9 Å². The van der Waals surface area contributed by atoms with Gasteiger partial charge in [0, 0.05) is 38.0 Å². The van der Waals surface area contributed by atoms with E-state index in [1.807, 2.05) is 10.2 Å². The van der Waals surface area contributed by atoms with Gasteiger partial charge in [0.05, 0.1) is 24.5 Å². The molecule has 12 heteroatoms. The molecule has 0 aromatic heterocycles. The Morgan fingerprint density at radius 2 is 1.75 bits per heavy atom. The number of ether oxygens (including phenoxy) is 1. The Hall–Kier alpha value is -3.83. The van der Waals surface area contributed by atoms with Crippen LogP contribution in [0.2, 0.25) is 0 Å². The maximum Gasteiger partial charge on any atom is 0.414 e. The number of alkyl halides is 2. The predicted octanol–water partition coefficient (Wildman–Crippen LogP) is 3.40. The van der Waals surface area contributed by atoms with Gasteiger partial charge in [-0.1, -0.05) is 0 Å². The smallest absolute Gasteiger partial charge is 0.414 e. The number of hydrogen-bond acceptors (Lipinski definition) is 6. The molecule has 0 bridgehead atoms. The fraction of sp³-hybridized carbons (Fsp3) is 0.375. The lowest BCUT2D eigenvalue weighted by Gasteiger charge is -2.22. The number of carbonyl (C=O) groups is 2. The summed E-state index contributed by atoms with van der Waals surface area (Å²) in [5, 5.41) is 1.94. The number of anilines is 4. The molecule has 2 aromatic carbocycles. The lowest BCUT2D eigenvalue weighted by molar-refractivity contribution is -0.132. The quantitative estimate of drug-likeness (QED) is 0.578. The van der Waals surface area contributed by atoms with Crippen molar-refractivity contribution in [3.8, 4) is 0 Å². The first kappa shape index (κ1) is 25.3. The number of hydrogen-bond donors (Lipinski definition) is 1. The van der Waals surface area contributed by atoms with E-state index in [-0.39, 0.29) is 24.2 Å². The van der Waals surface area contributed by atoms with Crippen LogP contribution in [0.3, 0.4) is 0 Å². The summed E-state index contributed by atoms with van der Waals surface area (Å²) >= 11 is 0. The highest BCUT2D eigenvalue weighted by atomic mass is 19.3. The molecule has 2 fully saturated rings. The van der Waals surface area contributed by atoms with E-state index in [0.717, 1.165) is 43.0 Å². The van der Waals surface area contributed by atoms with E-state index < -0.39 is 41.9 Å². The molecule has 2 aromatic rings. The number of benzene rings is 1. The van der Waals surface area contributed by atoms with Gasteiger partial charge >= 0.3 is 12.5 Å². The highest BCUT2D eigenvalue weighted by molar-refractivity contribution is 5.90. The fourth-order valence-electron chi connectivity index (χ4n) is 4.28. The number of nitrogens with one attached hydrogen (secondary N) is 1. The molecule has 4 rings (SSSR count). The van der Waals surface area contributed by atoms with Crippen LogP contribution in [-0.4, -0.2) is 57.8 Å². The Bertz CT molecular complexity index is 1200. The standard InChI is InChI=1S/C24H24F4N4O4/c1-30(14-4-6-19(20(33)7-5-14)31-8-2-3-9-31)21-17(25)10-15(11-18(21)26)32-13-16(36-24(32)35)12-29-23(34)22(27)28/h4-7,10-11,16,22H,2-3,8-9,12-13H2,1H3,(H,29,34)/t16-/m0/s1. The minimum absolute atomic E-state index is 0.133. The number of amides is 2. The van der Waals surface area contributed by atoms with E-state index in [4.69, 9.17) is 4.74 Å². The van der Waals surface area contributed by atoms with Gasteiger partial charge in [-0.05, 0) is 37.1 Å². The summed E-state index contributed by atoms with van der Waals surface area (Å²) in [6.45, 7) is 0.973. The second-order valence-electron chi connectivity index (χ2n) is 8.51. The van der Waals surface area contributed by atoms with E-state index in [1.165, 1.54) is 24.1 Å². The van der Waals surface area contributed by atoms with Gasteiger partial charge in [0.1, 0.15) is 11.8 Å². The molecule has 2 amide bonds. The maximum absolute atomic E-state index is 15.1. The minimum Gasteiger partial charge on any atom is -0.442 e. The lowest BCUT2D eigenvalue weighted by atomic mass is 10.2. The van der Waals surface area contributed by atoms with Gasteiger partial charge in [0.25, 0.3) is 5.91 Å². The average molecular weight is 508 g/mol. The van der Waals surface area contributed by atoms with E-state index in [2.05, 4.69) is 0 Å². The molecule has 0 unspecified atom stereocenters. The number of carbonyl (C=O) groups excluding carboxylic acids is 2. The van der Waals surface area contributed by atoms with Crippen molar-refractivity contribution in [2.24, 2.45) is 0 Å². The van der Waals surface area contributed by atoms with Gasteiger partial charge in [-0.25, -0.2) is 13.6 Å². The molecule has 36 heavy (non-hydrogen) atoms. The number of rotatable bonds is 7. The van der Waals surface area contributed by atoms with E-state index >= 15 is 8.78 Å². The Morgan fingerprint density at radius 3 is 2.39 bits per heavy atom. The van der Waals surface area contributed by atoms with Crippen molar-refractivity contribution in [3.63, 3.8) is 0 Å². The Labute approximate surface area is 204 Å². The third-order valence-corrected chi connectivity index (χ3v) is 6.13. The Balaban J connectivity index is 1.53. The second-order valence-corrected chi connectivity index (χ2v) is 8.51. The predicted molar refractivity (Wildman–Crippen MR) is 125 cm³/mol. The average Bonchev–Trinajstić information content (AvgIpc) is 3.44. The molecule has 2 heterocycles. The molecule has 0 spiro atoms. The zero-order valence-corrected chi connectivity index (χ0v) is 19.3. The minimum atomic E-state index is -3.22. The zero-order chi connectivity index (χ0) is 26.0. The maximum atomic E-state index is 15.1. The Morgan fingerprint density at radius 1 is 1.11 bits per heavy atom. The zero-order valence-electron chi connectivity index (χ0n) is 19.3. The van der Waals surface area contributed by atoms with Gasteiger partial charge in [-0.3, -0.25) is 14.5 Å². The van der Waals surface area contributed by atoms with Crippen molar-refractivity contribution >= 4 is 34.7 Å². The van der Waals surface area contributed by atoms with Crippen molar-refractivity contribution in [3.05, 3.63) is 58.3 Å². The third kappa shape index (κ3) is 5.21. The first-order chi connectivity index (χ1) is 17.2. The summed E-state index contributed by atoms with van der Waals surface area (Å²) in [5.74, 6) is -3.45. The van der Waals surface area contributed by atoms with Gasteiger partial charge in [-0.2, -0.15) is 8.78 Å². The summed E-state index contributed by atoms with van der Waals surface area (Å²) in [6, 6.07) is 7.98. The van der Waals surface area contributed by atoms with Crippen molar-refractivity contribution < 1.29 is 31.9 Å². The molecule has 1 N–H and O–H groups in total. The normalized spacial score (nSPS) is 17.5. The van der Waals surface area contributed by atoms with Crippen molar-refractivity contribution in [1.82, 2.24) is 5.32 Å². The van der Waals surface area contributed by atoms with E-state index in [0.29, 0.717) is 11.4 Å². The lowest BCUT2D eigenvalue weighted by Crippen LogP contribution is -2.37. The molecule has 0 aliphatic carbocycles. The van der Waals surface area contributed by atoms with Crippen molar-refractivity contribution in [1.29, 1.82) is 0 Å². The molecule has 0 radical (unpaired) electrons. The highest BCUT2D eigenvalue weighted by Crippen LogP contribution is 2.34. The van der Waals surface area contributed by atoms with Gasteiger partial charge in [-0.15, -0.1) is 0 Å². The van der Waals surface area contributed by atoms with Crippen LogP contribution in [0.1, 0.15) is 12.8 Å². The Kier molecular flexibility index (Phi) is 7.32. The molecular weight excluding hydrogens is 484 g/mol. The summed E-state index contributed by atoms with van der Waals surface area (Å²) in [5.41, 5.74) is 0.175. The number of nitrogens with zero attached hydrogens (tertiary/aromatic N) is 3. The van der Waals surface area contributed by atoms with Crippen LogP contribution in [0, 0.1) is 11.6 Å². The summed E-state index contributed by atoms with van der Waals surface area (Å²) in [7, 11) is 1.45. The molecule has 1 atom stereocenters. The van der Waals surface area contributed by atoms with Crippen LogP contribution in [-0.2, 0) is 9.53 Å². The topological polar surface area (TPSA) is 82.2 Å². The van der Waals surface area contributed by atoms with Crippen LogP contribution < -0.4 is 25.4 Å². The number of halogens is 4. The van der Waals surface area contributed by atoms with E-state index in [9.17, 15) is 23.2 Å². The van der Waals surface area contributed by atoms with Crippen LogP contribution in [0.5, 0.6) is 0 Å². The van der Waals surface area contributed by atoms with Crippen LogP contribution in [0.15, 0.2) is 41.2 Å². The van der Waals surface area contributed by atoms with E-state index in [1.54, 1.807) is 12.1 Å². The summed E-state index contributed by atoms with van der Waals surface area (Å²) in [4.78, 5) is 39.9. The molecule has 192 valence electrons. The van der Waals surface area contributed by atoms with Crippen molar-refractivity contribution in [2.45, 2.75) is 25.4 Å². The molecule has 0 saturated carbocycles. The molecular formula is C24H24F4N4O4. The van der Waals surface area contributed by atoms with Crippen LogP contribution >= 0.6 is 0 Å². The van der Waals surface area contributed by atoms with Gasteiger partial charge in [0.2, 0.25) is 5.43 Å². The second kappa shape index (κ2) is 10.4. The van der Waals surface area contributed by atoms with Gasteiger partial charge in [0.15, 0.2) is 11.6 Å². The largest absolute Gasteiger partial charge is 0.442 e. The third-order valence-electron chi connectivity index (χ3n) is 6.13. The van der Waals surface area contributed by atoms with Crippen LogP contribution in [0.4, 0.5) is 45.1 Å². The molecule has 2 aliphatic heterocycles. The molecule has 2 aliphatic rings. The first-order valence-electron chi connectivity index (χ1n) is 11.3. The molecule has 8 nitrogen and oxygen atoms in total. The SMILES string of the molecule is CN(c1ccc(N2CCCC2)c(=O)cc1)c1c(F)cc(N2C[C@H](CNC(=O)C(F)F)OC2=O)cc1F. The summed E-state index contributed by atoms with van der Waals surface area (Å²) in [6.07, 6.45) is -3.14. The highest BCUT2D eigenvalue weighted by Gasteiger charge is 2.34.